The lowest BCUT2D eigenvalue weighted by Gasteiger charge is -2.54. The summed E-state index contributed by atoms with van der Waals surface area (Å²) in [4.78, 5) is 33.7. The monoisotopic (exact) mass is 493 g/mol. The molecule has 1 atom stereocenters. The Balaban J connectivity index is 1.04. The lowest BCUT2D eigenvalue weighted by molar-refractivity contribution is -0.116. The van der Waals surface area contributed by atoms with E-state index >= 15 is 0 Å². The van der Waals surface area contributed by atoms with Gasteiger partial charge >= 0.3 is 0 Å². The average Bonchev–Trinajstić information content (AvgIpc) is 3.35. The molecule has 1 unspecified atom stereocenters. The molecule has 0 saturated heterocycles. The first-order valence-electron chi connectivity index (χ1n) is 13.4. The number of carbonyl (C=O) groups excluding carboxylic acids is 2. The molecule has 4 bridgehead atoms. The second kappa shape index (κ2) is 8.91. The number of aromatic nitrogens is 2. The summed E-state index contributed by atoms with van der Waals surface area (Å²) >= 11 is 0. The highest BCUT2D eigenvalue weighted by atomic mass is 16.2. The molecule has 7 nitrogen and oxygen atoms in total. The predicted octanol–water partition coefficient (Wildman–Crippen LogP) is 4.76. The number of amides is 2. The maximum absolute atomic E-state index is 13.2. The number of benzene rings is 2. The number of anilines is 1. The molecule has 1 aliphatic heterocycles. The molecule has 1 aromatic heterocycles. The van der Waals surface area contributed by atoms with Crippen LogP contribution in [0.15, 0.2) is 66.9 Å². The number of rotatable bonds is 5. The Morgan fingerprint density at radius 1 is 0.892 bits per heavy atom. The van der Waals surface area contributed by atoms with E-state index in [4.69, 9.17) is 4.98 Å². The molecule has 2 amide bonds. The minimum absolute atomic E-state index is 0.0217. The molecule has 4 N–H and O–H groups in total. The first-order valence-corrected chi connectivity index (χ1v) is 13.4. The highest BCUT2D eigenvalue weighted by Crippen LogP contribution is 2.53. The fourth-order valence-electron chi connectivity index (χ4n) is 7.22. The van der Waals surface area contributed by atoms with Gasteiger partial charge in [0.15, 0.2) is 0 Å². The number of nitrogens with zero attached hydrogens (tertiary/aromatic N) is 1. The zero-order valence-electron chi connectivity index (χ0n) is 20.6. The van der Waals surface area contributed by atoms with Gasteiger partial charge in [0.25, 0.3) is 11.8 Å². The topological polar surface area (TPSA) is 98.9 Å². The van der Waals surface area contributed by atoms with Crippen molar-refractivity contribution in [3.05, 3.63) is 72.5 Å². The van der Waals surface area contributed by atoms with E-state index in [-0.39, 0.29) is 17.9 Å². The Hall–Kier alpha value is -3.87. The molecule has 8 rings (SSSR count). The minimum atomic E-state index is -0.380. The number of carbonyl (C=O) groups is 2. The normalized spacial score (nSPS) is 29.3. The van der Waals surface area contributed by atoms with E-state index in [1.807, 2.05) is 60.7 Å². The Labute approximate surface area is 215 Å². The Morgan fingerprint density at radius 2 is 1.65 bits per heavy atom. The number of allylic oxidation sites excluding steroid dienone is 2. The lowest BCUT2D eigenvalue weighted by Crippen LogP contribution is -2.55. The molecule has 0 radical (unpaired) electrons. The van der Waals surface area contributed by atoms with Gasteiger partial charge in [-0.1, -0.05) is 12.2 Å². The van der Waals surface area contributed by atoms with E-state index < -0.39 is 0 Å². The first-order chi connectivity index (χ1) is 18.1. The number of imidazole rings is 1. The lowest BCUT2D eigenvalue weighted by atomic mass is 9.54. The summed E-state index contributed by atoms with van der Waals surface area (Å²) in [7, 11) is 0. The van der Waals surface area contributed by atoms with Gasteiger partial charge in [-0.3, -0.25) is 9.59 Å². The summed E-state index contributed by atoms with van der Waals surface area (Å²) in [6, 6.07) is 13.2. The number of aromatic amines is 1. The van der Waals surface area contributed by atoms with Crippen molar-refractivity contribution in [1.29, 1.82) is 0 Å². The smallest absolute Gasteiger partial charge is 0.251 e. The molecule has 188 valence electrons. The van der Waals surface area contributed by atoms with Crippen LogP contribution in [0.1, 0.15) is 42.5 Å². The highest BCUT2D eigenvalue weighted by molar-refractivity contribution is 5.98. The number of fused-ring (bicyclic) bond motifs is 1. The van der Waals surface area contributed by atoms with Crippen LogP contribution in [0.2, 0.25) is 0 Å². The van der Waals surface area contributed by atoms with Crippen LogP contribution in [0.3, 0.4) is 0 Å². The standard InChI is InChI=1S/C30H31N5O2/c36-29(35-27-21-12-17-11-18(14-21)15-22(27)13-17)20-6-9-24-26(16-20)34-28(33-24)19-4-7-23(8-5-19)32-30(37)25-3-1-2-10-31-25/h1-10,16-18,21-22,25,27,31H,11-15H2,(H,32,37)(H,33,34)(H,35,36). The summed E-state index contributed by atoms with van der Waals surface area (Å²) in [6.45, 7) is 0. The van der Waals surface area contributed by atoms with Crippen LogP contribution in [-0.2, 0) is 4.79 Å². The molecule has 37 heavy (non-hydrogen) atoms. The van der Waals surface area contributed by atoms with Gasteiger partial charge in [-0.05, 0) is 111 Å². The van der Waals surface area contributed by atoms with Crippen molar-refractivity contribution < 1.29 is 9.59 Å². The van der Waals surface area contributed by atoms with E-state index in [0.29, 0.717) is 23.4 Å². The summed E-state index contributed by atoms with van der Waals surface area (Å²) in [5.74, 6) is 3.73. The van der Waals surface area contributed by atoms with E-state index in [1.165, 1.54) is 32.1 Å². The van der Waals surface area contributed by atoms with Crippen molar-refractivity contribution >= 4 is 28.5 Å². The highest BCUT2D eigenvalue weighted by Gasteiger charge is 2.48. The predicted molar refractivity (Wildman–Crippen MR) is 144 cm³/mol. The van der Waals surface area contributed by atoms with E-state index in [9.17, 15) is 9.59 Å². The van der Waals surface area contributed by atoms with Gasteiger partial charge in [-0.15, -0.1) is 0 Å². The largest absolute Gasteiger partial charge is 0.377 e. The SMILES string of the molecule is O=C(NC1C2CC3CC(C2)CC1C3)c1ccc2nc(-c3ccc(NC(=O)C4C=CC=CN4)cc3)[nH]c2c1. The van der Waals surface area contributed by atoms with Gasteiger partial charge < -0.3 is 20.9 Å². The molecule has 4 aliphatic carbocycles. The zero-order valence-corrected chi connectivity index (χ0v) is 20.6. The molecular formula is C30H31N5O2. The number of hydrogen-bond donors (Lipinski definition) is 4. The molecule has 2 aromatic carbocycles. The van der Waals surface area contributed by atoms with E-state index in [2.05, 4.69) is 20.9 Å². The van der Waals surface area contributed by atoms with Crippen molar-refractivity contribution in [2.24, 2.45) is 23.7 Å². The molecule has 4 fully saturated rings. The second-order valence-electron chi connectivity index (χ2n) is 11.2. The summed E-state index contributed by atoms with van der Waals surface area (Å²) < 4.78 is 0. The average molecular weight is 494 g/mol. The van der Waals surface area contributed by atoms with E-state index in [1.54, 1.807) is 6.20 Å². The zero-order chi connectivity index (χ0) is 24.9. The fraction of sp³-hybridized carbons (Fsp3) is 0.367. The fourth-order valence-corrected chi connectivity index (χ4v) is 7.22. The molecule has 5 aliphatic rings. The van der Waals surface area contributed by atoms with Crippen molar-refractivity contribution in [3.63, 3.8) is 0 Å². The number of H-pyrrole nitrogens is 1. The maximum atomic E-state index is 13.2. The summed E-state index contributed by atoms with van der Waals surface area (Å²) in [6.07, 6.45) is 13.8. The maximum Gasteiger partial charge on any atom is 0.251 e. The third-order valence-corrected chi connectivity index (χ3v) is 8.76. The van der Waals surface area contributed by atoms with Crippen LogP contribution in [-0.4, -0.2) is 33.9 Å². The minimum Gasteiger partial charge on any atom is -0.377 e. The molecule has 0 spiro atoms. The van der Waals surface area contributed by atoms with E-state index in [0.717, 1.165) is 39.9 Å². The number of hydrogen-bond acceptors (Lipinski definition) is 4. The van der Waals surface area contributed by atoms with Crippen molar-refractivity contribution in [2.45, 2.75) is 44.2 Å². The molecular weight excluding hydrogens is 462 g/mol. The van der Waals surface area contributed by atoms with Gasteiger partial charge in [0.05, 0.1) is 11.0 Å². The Bertz CT molecular complexity index is 1390. The van der Waals surface area contributed by atoms with Gasteiger partial charge in [0.2, 0.25) is 0 Å². The van der Waals surface area contributed by atoms with Crippen molar-refractivity contribution in [1.82, 2.24) is 20.6 Å². The van der Waals surface area contributed by atoms with Crippen LogP contribution in [0.4, 0.5) is 5.69 Å². The van der Waals surface area contributed by atoms with Gasteiger partial charge in [-0.2, -0.15) is 0 Å². The molecule has 4 saturated carbocycles. The third-order valence-electron chi connectivity index (χ3n) is 8.76. The van der Waals surface area contributed by atoms with Crippen LogP contribution >= 0.6 is 0 Å². The summed E-state index contributed by atoms with van der Waals surface area (Å²) in [5, 5.41) is 9.35. The first kappa shape index (κ1) is 22.3. The van der Waals surface area contributed by atoms with Crippen LogP contribution in [0.5, 0.6) is 0 Å². The van der Waals surface area contributed by atoms with Crippen molar-refractivity contribution in [3.8, 4) is 11.4 Å². The third kappa shape index (κ3) is 4.22. The molecule has 2 heterocycles. The summed E-state index contributed by atoms with van der Waals surface area (Å²) in [5.41, 5.74) is 3.97. The molecule has 3 aromatic rings. The van der Waals surface area contributed by atoms with Gasteiger partial charge in [-0.25, -0.2) is 4.98 Å². The van der Waals surface area contributed by atoms with Crippen molar-refractivity contribution in [2.75, 3.05) is 5.32 Å². The van der Waals surface area contributed by atoms with Gasteiger partial charge in [0, 0.05) is 22.9 Å². The second-order valence-corrected chi connectivity index (χ2v) is 11.2. The quantitative estimate of drug-likeness (QED) is 0.412. The Morgan fingerprint density at radius 3 is 2.35 bits per heavy atom. The number of dihydropyridines is 1. The van der Waals surface area contributed by atoms with Crippen LogP contribution < -0.4 is 16.0 Å². The number of nitrogens with one attached hydrogen (secondary N) is 4. The molecule has 7 heteroatoms. The van der Waals surface area contributed by atoms with Crippen LogP contribution in [0.25, 0.3) is 22.4 Å². The Kier molecular flexibility index (Phi) is 5.38. The van der Waals surface area contributed by atoms with Gasteiger partial charge in [0.1, 0.15) is 11.9 Å². The van der Waals surface area contributed by atoms with Crippen LogP contribution in [0, 0.1) is 23.7 Å².